The van der Waals surface area contributed by atoms with E-state index in [0.29, 0.717) is 22.0 Å². The smallest absolute Gasteiger partial charge is 0.341 e. The summed E-state index contributed by atoms with van der Waals surface area (Å²) >= 11 is 1.46. The second kappa shape index (κ2) is 8.03. The first-order valence-electron chi connectivity index (χ1n) is 9.59. The van der Waals surface area contributed by atoms with Gasteiger partial charge in [-0.25, -0.2) is 9.18 Å². The summed E-state index contributed by atoms with van der Waals surface area (Å²) < 4.78 is 18.4. The summed E-state index contributed by atoms with van der Waals surface area (Å²) in [6.45, 7) is 8.75. The second-order valence-electron chi connectivity index (χ2n) is 8.20. The predicted molar refractivity (Wildman–Crippen MR) is 110 cm³/mol. The number of ether oxygens (including phenoxy) is 1. The summed E-state index contributed by atoms with van der Waals surface area (Å²) in [6.07, 6.45) is 2.70. The molecule has 1 atom stereocenters. The lowest BCUT2D eigenvalue weighted by atomic mass is 9.72. The van der Waals surface area contributed by atoms with Crippen LogP contribution in [-0.2, 0) is 17.6 Å². The van der Waals surface area contributed by atoms with E-state index in [1.54, 1.807) is 6.92 Å². The number of amides is 1. The van der Waals surface area contributed by atoms with Crippen molar-refractivity contribution in [3.63, 3.8) is 0 Å². The van der Waals surface area contributed by atoms with Crippen molar-refractivity contribution >= 4 is 28.2 Å². The average Bonchev–Trinajstić information content (AvgIpc) is 2.98. The minimum atomic E-state index is -0.399. The number of benzene rings is 1. The summed E-state index contributed by atoms with van der Waals surface area (Å²) in [5.74, 6) is -0.641. The van der Waals surface area contributed by atoms with Gasteiger partial charge >= 0.3 is 5.97 Å². The van der Waals surface area contributed by atoms with Crippen LogP contribution in [0.3, 0.4) is 0 Å². The minimum absolute atomic E-state index is 0.184. The first-order valence-corrected chi connectivity index (χ1v) is 10.4. The van der Waals surface area contributed by atoms with Crippen LogP contribution in [0.5, 0.6) is 0 Å². The maximum Gasteiger partial charge on any atom is 0.341 e. The number of carbonyl (C=O) groups excluding carboxylic acids is 2. The van der Waals surface area contributed by atoms with Gasteiger partial charge in [0.25, 0.3) is 5.91 Å². The number of anilines is 1. The fourth-order valence-electron chi connectivity index (χ4n) is 3.61. The van der Waals surface area contributed by atoms with Crippen LogP contribution in [0.15, 0.2) is 24.3 Å². The van der Waals surface area contributed by atoms with Crippen LogP contribution >= 0.6 is 11.3 Å². The van der Waals surface area contributed by atoms with Crippen LogP contribution in [0.2, 0.25) is 0 Å². The number of hydrogen-bond donors (Lipinski definition) is 1. The Kier molecular flexibility index (Phi) is 5.89. The largest absolute Gasteiger partial charge is 0.462 e. The van der Waals surface area contributed by atoms with Crippen molar-refractivity contribution in [1.29, 1.82) is 0 Å². The molecule has 1 aromatic carbocycles. The van der Waals surface area contributed by atoms with Gasteiger partial charge in [0.1, 0.15) is 10.8 Å². The van der Waals surface area contributed by atoms with E-state index in [1.165, 1.54) is 35.6 Å². The zero-order valence-corrected chi connectivity index (χ0v) is 17.5. The zero-order chi connectivity index (χ0) is 20.5. The van der Waals surface area contributed by atoms with E-state index in [4.69, 9.17) is 4.74 Å². The molecule has 4 nitrogen and oxygen atoms in total. The summed E-state index contributed by atoms with van der Waals surface area (Å²) in [5, 5.41) is 3.37. The van der Waals surface area contributed by atoms with Gasteiger partial charge in [0.2, 0.25) is 0 Å². The molecule has 1 amide bonds. The molecule has 0 saturated heterocycles. The number of halogens is 1. The molecule has 1 aromatic heterocycles. The number of nitrogens with one attached hydrogen (secondary N) is 1. The Labute approximate surface area is 169 Å². The number of esters is 1. The van der Waals surface area contributed by atoms with Crippen LogP contribution in [0.4, 0.5) is 9.39 Å². The lowest BCUT2D eigenvalue weighted by Crippen LogP contribution is -2.26. The molecule has 28 heavy (non-hydrogen) atoms. The van der Waals surface area contributed by atoms with Gasteiger partial charge in [-0.2, -0.15) is 0 Å². The summed E-state index contributed by atoms with van der Waals surface area (Å²) in [6, 6.07) is 5.35. The van der Waals surface area contributed by atoms with E-state index < -0.39 is 11.8 Å². The monoisotopic (exact) mass is 403 g/mol. The van der Waals surface area contributed by atoms with Crippen molar-refractivity contribution in [1.82, 2.24) is 0 Å². The third-order valence-electron chi connectivity index (χ3n) is 5.30. The Bertz CT molecular complexity index is 880. The summed E-state index contributed by atoms with van der Waals surface area (Å²) in [7, 11) is 0. The van der Waals surface area contributed by atoms with E-state index in [2.05, 4.69) is 26.1 Å². The van der Waals surface area contributed by atoms with Gasteiger partial charge in [0, 0.05) is 10.4 Å². The van der Waals surface area contributed by atoms with Crippen LogP contribution < -0.4 is 5.32 Å². The van der Waals surface area contributed by atoms with Crippen LogP contribution in [0, 0.1) is 17.2 Å². The van der Waals surface area contributed by atoms with Crippen molar-refractivity contribution in [2.45, 2.75) is 47.0 Å². The zero-order valence-electron chi connectivity index (χ0n) is 16.7. The predicted octanol–water partition coefficient (Wildman–Crippen LogP) is 5.47. The van der Waals surface area contributed by atoms with Crippen molar-refractivity contribution < 1.29 is 18.7 Å². The standard InChI is InChI=1S/C22H26FNO3S/c1-5-27-21(26)18-16-11-8-14(22(2,3)4)12-17(16)28-20(18)24-19(25)13-6-9-15(23)10-7-13/h6-7,9-10,14H,5,8,11-12H2,1-4H3,(H,24,25)/t14-/m1/s1. The number of thiophene rings is 1. The highest BCUT2D eigenvalue weighted by molar-refractivity contribution is 7.17. The number of hydrogen-bond acceptors (Lipinski definition) is 4. The summed E-state index contributed by atoms with van der Waals surface area (Å²) in [5.41, 5.74) is 2.00. The fraction of sp³-hybridized carbons (Fsp3) is 0.455. The molecule has 1 aliphatic carbocycles. The first kappa shape index (κ1) is 20.5. The van der Waals surface area contributed by atoms with E-state index >= 15 is 0 Å². The van der Waals surface area contributed by atoms with Gasteiger partial charge < -0.3 is 10.1 Å². The Balaban J connectivity index is 1.93. The van der Waals surface area contributed by atoms with Crippen molar-refractivity contribution in [3.05, 3.63) is 51.7 Å². The maximum absolute atomic E-state index is 13.1. The molecular weight excluding hydrogens is 377 g/mol. The molecule has 0 fully saturated rings. The van der Waals surface area contributed by atoms with Gasteiger partial charge in [-0.15, -0.1) is 11.3 Å². The lowest BCUT2D eigenvalue weighted by Gasteiger charge is -2.33. The molecule has 2 aromatic rings. The maximum atomic E-state index is 13.1. The Morgan fingerprint density at radius 2 is 1.93 bits per heavy atom. The normalized spacial score (nSPS) is 16.4. The molecule has 0 unspecified atom stereocenters. The molecule has 1 aliphatic rings. The third-order valence-corrected chi connectivity index (χ3v) is 6.47. The van der Waals surface area contributed by atoms with E-state index in [1.807, 2.05) is 0 Å². The van der Waals surface area contributed by atoms with Crippen molar-refractivity contribution in [3.8, 4) is 0 Å². The van der Waals surface area contributed by atoms with Crippen molar-refractivity contribution in [2.24, 2.45) is 11.3 Å². The summed E-state index contributed by atoms with van der Waals surface area (Å²) in [4.78, 5) is 26.4. The molecular formula is C22H26FNO3S. The van der Waals surface area contributed by atoms with Gasteiger partial charge in [-0.1, -0.05) is 20.8 Å². The average molecular weight is 404 g/mol. The lowest BCUT2D eigenvalue weighted by molar-refractivity contribution is 0.0526. The molecule has 0 radical (unpaired) electrons. The van der Waals surface area contributed by atoms with Gasteiger partial charge in [-0.05, 0) is 67.3 Å². The van der Waals surface area contributed by atoms with E-state index in [0.717, 1.165) is 29.7 Å². The molecule has 6 heteroatoms. The van der Waals surface area contributed by atoms with Gasteiger partial charge in [0.15, 0.2) is 0 Å². The quantitative estimate of drug-likeness (QED) is 0.689. The fourth-order valence-corrected chi connectivity index (χ4v) is 4.92. The highest BCUT2D eigenvalue weighted by atomic mass is 32.1. The van der Waals surface area contributed by atoms with Crippen molar-refractivity contribution in [2.75, 3.05) is 11.9 Å². The van der Waals surface area contributed by atoms with Crippen LogP contribution in [0.1, 0.15) is 65.3 Å². The number of rotatable bonds is 4. The molecule has 150 valence electrons. The SMILES string of the molecule is CCOC(=O)c1c(NC(=O)c2ccc(F)cc2)sc2c1CC[C@@H](C(C)(C)C)C2. The topological polar surface area (TPSA) is 55.4 Å². The van der Waals surface area contributed by atoms with Crippen LogP contribution in [0.25, 0.3) is 0 Å². The molecule has 1 N–H and O–H groups in total. The molecule has 0 aliphatic heterocycles. The Hall–Kier alpha value is -2.21. The highest BCUT2D eigenvalue weighted by Gasteiger charge is 2.34. The van der Waals surface area contributed by atoms with Gasteiger partial charge in [0.05, 0.1) is 12.2 Å². The first-order chi connectivity index (χ1) is 13.2. The Morgan fingerprint density at radius 1 is 1.25 bits per heavy atom. The molecule has 3 rings (SSSR count). The third kappa shape index (κ3) is 4.27. The molecule has 1 heterocycles. The van der Waals surface area contributed by atoms with Gasteiger partial charge in [-0.3, -0.25) is 4.79 Å². The number of carbonyl (C=O) groups is 2. The number of fused-ring (bicyclic) bond motifs is 1. The van der Waals surface area contributed by atoms with Crippen LogP contribution in [-0.4, -0.2) is 18.5 Å². The van der Waals surface area contributed by atoms with E-state index in [9.17, 15) is 14.0 Å². The second-order valence-corrected chi connectivity index (χ2v) is 9.30. The minimum Gasteiger partial charge on any atom is -0.462 e. The molecule has 0 spiro atoms. The molecule has 0 bridgehead atoms. The highest BCUT2D eigenvalue weighted by Crippen LogP contribution is 2.44. The van der Waals surface area contributed by atoms with E-state index in [-0.39, 0.29) is 17.9 Å². The molecule has 0 saturated carbocycles. The Morgan fingerprint density at radius 3 is 2.54 bits per heavy atom.